The maximum Gasteiger partial charge on any atom is 0.278 e. The number of fused-ring (bicyclic) bond motifs is 2. The molecule has 0 radical (unpaired) electrons. The number of hydrazine groups is 1. The third-order valence-corrected chi connectivity index (χ3v) is 6.96. The molecule has 3 aromatic carbocycles. The molecule has 1 atom stereocenters. The minimum Gasteiger partial charge on any atom is -0.326 e. The standard InChI is InChI=1S/C32H24N6O/c39-32-28(24-16-17-25-23(20-24)14-9-19-33-25)30(35-26-15-7-8-18-34-26)36-31-27(21-10-3-1-4-11-21)29(37-38(31)32)22-12-5-2-6-13-22/h1-20,29,36-37H,(H,34,35). The number of benzene rings is 3. The van der Waals surface area contributed by atoms with Gasteiger partial charge in [0.25, 0.3) is 5.91 Å². The molecule has 4 heterocycles. The van der Waals surface area contributed by atoms with Crippen LogP contribution >= 0.6 is 0 Å². The number of amides is 1. The molecule has 5 aromatic rings. The van der Waals surface area contributed by atoms with Gasteiger partial charge in [0.2, 0.25) is 0 Å². The fraction of sp³-hybridized carbons (Fsp3) is 0.0312. The van der Waals surface area contributed by atoms with Gasteiger partial charge in [-0.2, -0.15) is 0 Å². The van der Waals surface area contributed by atoms with Crippen molar-refractivity contribution in [1.29, 1.82) is 0 Å². The quantitative estimate of drug-likeness (QED) is 0.292. The molecule has 0 saturated heterocycles. The van der Waals surface area contributed by atoms with Crippen LogP contribution in [0.3, 0.4) is 0 Å². The second-order valence-electron chi connectivity index (χ2n) is 9.37. The van der Waals surface area contributed by atoms with Gasteiger partial charge in [-0.3, -0.25) is 9.78 Å². The molecular weight excluding hydrogens is 484 g/mol. The number of nitrogens with one attached hydrogen (secondary N) is 3. The van der Waals surface area contributed by atoms with E-state index in [9.17, 15) is 4.79 Å². The summed E-state index contributed by atoms with van der Waals surface area (Å²) < 4.78 is 0. The molecule has 7 heteroatoms. The molecule has 188 valence electrons. The molecule has 0 bridgehead atoms. The first-order valence-electron chi connectivity index (χ1n) is 12.8. The molecule has 2 aliphatic heterocycles. The first-order chi connectivity index (χ1) is 19.3. The topological polar surface area (TPSA) is 82.2 Å². The van der Waals surface area contributed by atoms with Crippen molar-refractivity contribution in [3.05, 3.63) is 150 Å². The van der Waals surface area contributed by atoms with Crippen molar-refractivity contribution in [2.75, 3.05) is 5.32 Å². The average Bonchev–Trinajstić information content (AvgIpc) is 3.38. The van der Waals surface area contributed by atoms with Crippen LogP contribution in [-0.2, 0) is 4.79 Å². The lowest BCUT2D eigenvalue weighted by Gasteiger charge is -2.31. The van der Waals surface area contributed by atoms with Crippen molar-refractivity contribution in [2.24, 2.45) is 0 Å². The molecule has 0 saturated carbocycles. The number of nitrogens with zero attached hydrogens (tertiary/aromatic N) is 3. The molecule has 39 heavy (non-hydrogen) atoms. The molecule has 7 rings (SSSR count). The Labute approximate surface area is 225 Å². The lowest BCUT2D eigenvalue weighted by Crippen LogP contribution is -2.47. The Morgan fingerprint density at radius 2 is 1.51 bits per heavy atom. The van der Waals surface area contributed by atoms with Gasteiger partial charge in [0, 0.05) is 23.4 Å². The largest absolute Gasteiger partial charge is 0.326 e. The maximum absolute atomic E-state index is 14.4. The summed E-state index contributed by atoms with van der Waals surface area (Å²) in [6, 6.07) is 35.5. The van der Waals surface area contributed by atoms with E-state index in [2.05, 4.69) is 50.3 Å². The smallest absolute Gasteiger partial charge is 0.278 e. The minimum atomic E-state index is -0.226. The molecule has 3 N–H and O–H groups in total. The Hall–Kier alpha value is -5.27. The molecule has 1 unspecified atom stereocenters. The van der Waals surface area contributed by atoms with Crippen LogP contribution in [0.5, 0.6) is 0 Å². The van der Waals surface area contributed by atoms with E-state index in [-0.39, 0.29) is 11.9 Å². The predicted molar refractivity (Wildman–Crippen MR) is 152 cm³/mol. The Kier molecular flexibility index (Phi) is 5.61. The van der Waals surface area contributed by atoms with Gasteiger partial charge in [-0.1, -0.05) is 78.9 Å². The zero-order valence-electron chi connectivity index (χ0n) is 20.9. The Balaban J connectivity index is 1.42. The van der Waals surface area contributed by atoms with Gasteiger partial charge < -0.3 is 10.6 Å². The molecule has 1 amide bonds. The van der Waals surface area contributed by atoms with Crippen LogP contribution < -0.4 is 16.1 Å². The summed E-state index contributed by atoms with van der Waals surface area (Å²) >= 11 is 0. The van der Waals surface area contributed by atoms with Gasteiger partial charge >= 0.3 is 0 Å². The van der Waals surface area contributed by atoms with Crippen LogP contribution in [0.2, 0.25) is 0 Å². The van der Waals surface area contributed by atoms with Gasteiger partial charge in [0.1, 0.15) is 17.5 Å². The normalized spacial score (nSPS) is 16.9. The summed E-state index contributed by atoms with van der Waals surface area (Å²) in [5.74, 6) is 1.72. The number of hydrogen-bond acceptors (Lipinski definition) is 6. The summed E-state index contributed by atoms with van der Waals surface area (Å²) in [6.45, 7) is 0. The second kappa shape index (κ2) is 9.55. The van der Waals surface area contributed by atoms with Gasteiger partial charge in [-0.05, 0) is 47.0 Å². The van der Waals surface area contributed by atoms with E-state index in [1.807, 2.05) is 84.9 Å². The molecule has 0 fully saturated rings. The van der Waals surface area contributed by atoms with Crippen LogP contribution in [0.25, 0.3) is 22.0 Å². The first-order valence-corrected chi connectivity index (χ1v) is 12.8. The molecule has 7 nitrogen and oxygen atoms in total. The van der Waals surface area contributed by atoms with Gasteiger partial charge in [-0.25, -0.2) is 15.4 Å². The number of hydrogen-bond donors (Lipinski definition) is 3. The maximum atomic E-state index is 14.4. The first kappa shape index (κ1) is 22.9. The highest BCUT2D eigenvalue weighted by Gasteiger charge is 2.42. The number of pyridine rings is 2. The summed E-state index contributed by atoms with van der Waals surface area (Å²) in [5.41, 5.74) is 8.70. The monoisotopic (exact) mass is 508 g/mol. The lowest BCUT2D eigenvalue weighted by atomic mass is 9.93. The number of carbonyl (C=O) groups excluding carboxylic acids is 1. The number of carbonyl (C=O) groups is 1. The number of aromatic nitrogens is 2. The van der Waals surface area contributed by atoms with Crippen LogP contribution in [0.4, 0.5) is 5.82 Å². The van der Waals surface area contributed by atoms with Crippen molar-refractivity contribution in [2.45, 2.75) is 6.04 Å². The highest BCUT2D eigenvalue weighted by Crippen LogP contribution is 2.42. The molecule has 0 spiro atoms. The van der Waals surface area contributed by atoms with Gasteiger partial charge in [0.15, 0.2) is 0 Å². The number of anilines is 1. The van der Waals surface area contributed by atoms with Crippen molar-refractivity contribution in [1.82, 2.24) is 25.7 Å². The number of rotatable bonds is 5. The zero-order chi connectivity index (χ0) is 26.2. The van der Waals surface area contributed by atoms with Crippen molar-refractivity contribution < 1.29 is 4.79 Å². The average molecular weight is 509 g/mol. The van der Waals surface area contributed by atoms with Crippen LogP contribution in [0, 0.1) is 0 Å². The Morgan fingerprint density at radius 1 is 0.744 bits per heavy atom. The van der Waals surface area contributed by atoms with E-state index in [1.54, 1.807) is 17.4 Å². The van der Waals surface area contributed by atoms with Gasteiger partial charge in [-0.15, -0.1) is 0 Å². The van der Waals surface area contributed by atoms with Gasteiger partial charge in [0.05, 0.1) is 17.1 Å². The van der Waals surface area contributed by atoms with E-state index >= 15 is 0 Å². The van der Waals surface area contributed by atoms with Crippen LogP contribution in [-0.4, -0.2) is 20.9 Å². The summed E-state index contributed by atoms with van der Waals surface area (Å²) in [6.07, 6.45) is 3.49. The van der Waals surface area contributed by atoms with E-state index in [0.29, 0.717) is 23.0 Å². The summed E-state index contributed by atoms with van der Waals surface area (Å²) in [4.78, 5) is 23.2. The van der Waals surface area contributed by atoms with E-state index in [1.165, 1.54) is 0 Å². The molecule has 2 aliphatic rings. The highest BCUT2D eigenvalue weighted by atomic mass is 16.2. The van der Waals surface area contributed by atoms with E-state index in [0.717, 1.165) is 33.2 Å². The third-order valence-electron chi connectivity index (χ3n) is 6.96. The zero-order valence-corrected chi connectivity index (χ0v) is 20.9. The lowest BCUT2D eigenvalue weighted by molar-refractivity contribution is -0.126. The fourth-order valence-corrected chi connectivity index (χ4v) is 5.16. The second-order valence-corrected chi connectivity index (χ2v) is 9.37. The third kappa shape index (κ3) is 4.11. The van der Waals surface area contributed by atoms with E-state index in [4.69, 9.17) is 0 Å². The predicted octanol–water partition coefficient (Wildman–Crippen LogP) is 5.47. The Morgan fingerprint density at radius 3 is 2.31 bits per heavy atom. The van der Waals surface area contributed by atoms with Crippen molar-refractivity contribution >= 4 is 33.8 Å². The Bertz CT molecular complexity index is 1750. The van der Waals surface area contributed by atoms with Crippen molar-refractivity contribution in [3.8, 4) is 0 Å². The molecule has 0 aliphatic carbocycles. The summed E-state index contributed by atoms with van der Waals surface area (Å²) in [7, 11) is 0. The SMILES string of the molecule is O=C1C(c2ccc3ncccc3c2)=C(Nc2ccccn2)NC2=C(c3ccccc3)C(c3ccccc3)NN12. The van der Waals surface area contributed by atoms with Crippen molar-refractivity contribution in [3.63, 3.8) is 0 Å². The molecule has 2 aromatic heterocycles. The summed E-state index contributed by atoms with van der Waals surface area (Å²) in [5, 5.41) is 9.54. The van der Waals surface area contributed by atoms with Crippen LogP contribution in [0.1, 0.15) is 22.7 Å². The van der Waals surface area contributed by atoms with Crippen LogP contribution in [0.15, 0.2) is 133 Å². The minimum absolute atomic E-state index is 0.169. The highest BCUT2D eigenvalue weighted by molar-refractivity contribution is 6.23. The fourth-order valence-electron chi connectivity index (χ4n) is 5.16. The molecular formula is C32H24N6O. The van der Waals surface area contributed by atoms with E-state index < -0.39 is 0 Å².